The Morgan fingerprint density at radius 1 is 0.966 bits per heavy atom. The molecule has 29 heavy (non-hydrogen) atoms. The summed E-state index contributed by atoms with van der Waals surface area (Å²) in [5.41, 5.74) is 2.09. The molecule has 1 aliphatic heterocycles. The van der Waals surface area contributed by atoms with Gasteiger partial charge in [0.15, 0.2) is 0 Å². The summed E-state index contributed by atoms with van der Waals surface area (Å²) in [6, 6.07) is 15.7. The Kier molecular flexibility index (Phi) is 4.66. The minimum Gasteiger partial charge on any atom is -0.478 e. The number of carbonyl (C=O) groups excluding carboxylic acids is 2. The van der Waals surface area contributed by atoms with Crippen molar-refractivity contribution < 1.29 is 19.5 Å². The minimum atomic E-state index is -1.01. The molecule has 8 heteroatoms. The molecule has 0 saturated carbocycles. The lowest BCUT2D eigenvalue weighted by Crippen LogP contribution is -2.30. The van der Waals surface area contributed by atoms with Crippen LogP contribution in [0, 0.1) is 0 Å². The highest BCUT2D eigenvalue weighted by Crippen LogP contribution is 2.24. The van der Waals surface area contributed by atoms with E-state index in [0.717, 1.165) is 10.6 Å². The van der Waals surface area contributed by atoms with E-state index in [9.17, 15) is 14.4 Å². The summed E-state index contributed by atoms with van der Waals surface area (Å²) in [4.78, 5) is 37.1. The van der Waals surface area contributed by atoms with Crippen molar-refractivity contribution in [1.82, 2.24) is 9.88 Å². The minimum absolute atomic E-state index is 0.132. The van der Waals surface area contributed by atoms with Gasteiger partial charge in [0.1, 0.15) is 5.70 Å². The zero-order chi connectivity index (χ0) is 20.5. The molecule has 0 atom stereocenters. The van der Waals surface area contributed by atoms with Crippen molar-refractivity contribution in [2.75, 3.05) is 4.90 Å². The molecule has 1 saturated heterocycles. The number of rotatable bonds is 4. The maximum absolute atomic E-state index is 12.8. The molecular weight excluding hydrogens is 394 g/mol. The van der Waals surface area contributed by atoms with Crippen LogP contribution in [-0.2, 0) is 4.79 Å². The van der Waals surface area contributed by atoms with Crippen molar-refractivity contribution in [3.63, 3.8) is 0 Å². The average molecular weight is 408 g/mol. The van der Waals surface area contributed by atoms with Gasteiger partial charge in [0, 0.05) is 22.6 Å². The van der Waals surface area contributed by atoms with Crippen LogP contribution >= 0.6 is 11.6 Å². The van der Waals surface area contributed by atoms with E-state index in [-0.39, 0.29) is 11.3 Å². The summed E-state index contributed by atoms with van der Waals surface area (Å²) in [6.07, 6.45) is 3.35. The van der Waals surface area contributed by atoms with E-state index in [0.29, 0.717) is 16.4 Å². The van der Waals surface area contributed by atoms with Gasteiger partial charge in [-0.15, -0.1) is 0 Å². The number of carbonyl (C=O) groups is 3. The number of aromatic carboxylic acids is 1. The molecule has 3 aromatic rings. The molecule has 144 valence electrons. The molecule has 1 fully saturated rings. The maximum atomic E-state index is 12.8. The number of imide groups is 1. The summed E-state index contributed by atoms with van der Waals surface area (Å²) in [5.74, 6) is -1.49. The molecule has 0 unspecified atom stereocenters. The lowest BCUT2D eigenvalue weighted by Gasteiger charge is -2.11. The Morgan fingerprint density at radius 3 is 2.28 bits per heavy atom. The third-order valence-electron chi connectivity index (χ3n) is 4.43. The zero-order valence-electron chi connectivity index (χ0n) is 14.9. The third-order valence-corrected chi connectivity index (χ3v) is 4.68. The number of urea groups is 1. The topological polar surface area (TPSA) is 91.6 Å². The number of amides is 3. The number of hydrogen-bond acceptors (Lipinski definition) is 3. The highest BCUT2D eigenvalue weighted by atomic mass is 35.5. The van der Waals surface area contributed by atoms with Gasteiger partial charge in [-0.25, -0.2) is 14.5 Å². The van der Waals surface area contributed by atoms with Gasteiger partial charge in [-0.3, -0.25) is 4.79 Å². The van der Waals surface area contributed by atoms with E-state index >= 15 is 0 Å². The summed E-state index contributed by atoms with van der Waals surface area (Å²) in [5, 5.41) is 12.1. The molecule has 1 aliphatic rings. The van der Waals surface area contributed by atoms with Gasteiger partial charge >= 0.3 is 12.0 Å². The van der Waals surface area contributed by atoms with Gasteiger partial charge in [-0.05, 0) is 66.7 Å². The summed E-state index contributed by atoms with van der Waals surface area (Å²) < 4.78 is 1.78. The zero-order valence-corrected chi connectivity index (χ0v) is 15.6. The molecule has 0 bridgehead atoms. The standard InChI is InChI=1S/C21H14ClN3O4/c22-14-5-9-16(10-6-14)25-19(26)18(23-21(25)29)12-17-2-1-11-24(17)15-7-3-13(4-8-15)20(27)28/h1-12H,(H,23,29)(H,27,28). The molecule has 7 nitrogen and oxygen atoms in total. The molecule has 3 amide bonds. The van der Waals surface area contributed by atoms with Gasteiger partial charge in [0.25, 0.3) is 5.91 Å². The lowest BCUT2D eigenvalue weighted by molar-refractivity contribution is -0.113. The number of halogens is 1. The Bertz CT molecular complexity index is 1150. The van der Waals surface area contributed by atoms with Crippen LogP contribution in [0.1, 0.15) is 16.1 Å². The maximum Gasteiger partial charge on any atom is 0.335 e. The fourth-order valence-electron chi connectivity index (χ4n) is 3.02. The van der Waals surface area contributed by atoms with Crippen molar-refractivity contribution in [3.05, 3.63) is 88.8 Å². The second kappa shape index (κ2) is 7.29. The van der Waals surface area contributed by atoms with E-state index in [1.165, 1.54) is 12.1 Å². The van der Waals surface area contributed by atoms with E-state index in [2.05, 4.69) is 5.32 Å². The van der Waals surface area contributed by atoms with Gasteiger partial charge in [0.05, 0.1) is 11.3 Å². The highest BCUT2D eigenvalue weighted by Gasteiger charge is 2.35. The Balaban J connectivity index is 1.65. The number of benzene rings is 2. The predicted octanol–water partition coefficient (Wildman–Crippen LogP) is 3.93. The third kappa shape index (κ3) is 3.51. The van der Waals surface area contributed by atoms with Gasteiger partial charge in [0.2, 0.25) is 0 Å². The van der Waals surface area contributed by atoms with Crippen LogP contribution in [0.4, 0.5) is 10.5 Å². The predicted molar refractivity (Wildman–Crippen MR) is 108 cm³/mol. The number of aromatic nitrogens is 1. The fraction of sp³-hybridized carbons (Fsp3) is 0. The van der Waals surface area contributed by atoms with E-state index in [1.807, 2.05) is 0 Å². The normalized spacial score (nSPS) is 15.1. The van der Waals surface area contributed by atoms with Crippen molar-refractivity contribution in [3.8, 4) is 5.69 Å². The van der Waals surface area contributed by atoms with Crippen LogP contribution in [0.25, 0.3) is 11.8 Å². The lowest BCUT2D eigenvalue weighted by atomic mass is 10.2. The van der Waals surface area contributed by atoms with Crippen molar-refractivity contribution in [1.29, 1.82) is 0 Å². The second-order valence-corrected chi connectivity index (χ2v) is 6.70. The number of hydrogen-bond donors (Lipinski definition) is 2. The van der Waals surface area contributed by atoms with Crippen molar-refractivity contribution in [2.24, 2.45) is 0 Å². The molecule has 2 N–H and O–H groups in total. The van der Waals surface area contributed by atoms with Crippen molar-refractivity contribution in [2.45, 2.75) is 0 Å². The SMILES string of the molecule is O=C(O)c1ccc(-n2cccc2C=C2NC(=O)N(c3ccc(Cl)cc3)C2=O)cc1. The highest BCUT2D eigenvalue weighted by molar-refractivity contribution is 6.31. The van der Waals surface area contributed by atoms with Crippen LogP contribution in [-0.4, -0.2) is 27.6 Å². The molecular formula is C21H14ClN3O4. The first-order valence-corrected chi connectivity index (χ1v) is 8.95. The monoisotopic (exact) mass is 407 g/mol. The number of carboxylic acids is 1. The van der Waals surface area contributed by atoms with Crippen LogP contribution in [0.15, 0.2) is 72.6 Å². The largest absolute Gasteiger partial charge is 0.478 e. The number of carboxylic acid groups (broad SMARTS) is 1. The first kappa shape index (κ1) is 18.5. The van der Waals surface area contributed by atoms with Crippen LogP contribution in [0.5, 0.6) is 0 Å². The second-order valence-electron chi connectivity index (χ2n) is 6.26. The Labute approximate surface area is 170 Å². The molecule has 0 spiro atoms. The van der Waals surface area contributed by atoms with E-state index < -0.39 is 17.9 Å². The summed E-state index contributed by atoms with van der Waals surface area (Å²) in [7, 11) is 0. The summed E-state index contributed by atoms with van der Waals surface area (Å²) >= 11 is 5.87. The first-order valence-electron chi connectivity index (χ1n) is 8.58. The molecule has 4 rings (SSSR count). The Hall–Kier alpha value is -3.84. The van der Waals surface area contributed by atoms with E-state index in [4.69, 9.17) is 16.7 Å². The van der Waals surface area contributed by atoms with Gasteiger partial charge < -0.3 is 15.0 Å². The molecule has 0 aliphatic carbocycles. The first-order chi connectivity index (χ1) is 13.9. The Morgan fingerprint density at radius 2 is 1.62 bits per heavy atom. The molecule has 0 radical (unpaired) electrons. The molecule has 2 heterocycles. The number of nitrogens with one attached hydrogen (secondary N) is 1. The number of nitrogens with zero attached hydrogens (tertiary/aromatic N) is 2. The quantitative estimate of drug-likeness (QED) is 0.506. The average Bonchev–Trinajstić information content (AvgIpc) is 3.27. The van der Waals surface area contributed by atoms with Crippen molar-refractivity contribution >= 4 is 41.3 Å². The van der Waals surface area contributed by atoms with Crippen LogP contribution in [0.2, 0.25) is 5.02 Å². The van der Waals surface area contributed by atoms with E-state index in [1.54, 1.807) is 65.4 Å². The molecule has 2 aromatic carbocycles. The smallest absolute Gasteiger partial charge is 0.335 e. The van der Waals surface area contributed by atoms with Gasteiger partial charge in [-0.1, -0.05) is 11.6 Å². The van der Waals surface area contributed by atoms with Crippen LogP contribution in [0.3, 0.4) is 0 Å². The molecule has 1 aromatic heterocycles. The van der Waals surface area contributed by atoms with Crippen LogP contribution < -0.4 is 10.2 Å². The number of anilines is 1. The van der Waals surface area contributed by atoms with Gasteiger partial charge in [-0.2, -0.15) is 0 Å². The fourth-order valence-corrected chi connectivity index (χ4v) is 3.15. The summed E-state index contributed by atoms with van der Waals surface area (Å²) in [6.45, 7) is 0.